The summed E-state index contributed by atoms with van der Waals surface area (Å²) in [7, 11) is 0. The van der Waals surface area contributed by atoms with Crippen LogP contribution in [0.3, 0.4) is 0 Å². The van der Waals surface area contributed by atoms with Crippen molar-refractivity contribution in [2.45, 2.75) is 45.6 Å². The van der Waals surface area contributed by atoms with E-state index in [0.29, 0.717) is 0 Å². The maximum Gasteiger partial charge on any atom is 0.0434 e. The third kappa shape index (κ3) is 2.14. The predicted octanol–water partition coefficient (Wildman–Crippen LogP) is 3.02. The van der Waals surface area contributed by atoms with Crippen LogP contribution in [0.2, 0.25) is 0 Å². The van der Waals surface area contributed by atoms with Gasteiger partial charge >= 0.3 is 0 Å². The highest BCUT2D eigenvalue weighted by Gasteiger charge is 2.24. The molecule has 0 spiro atoms. The summed E-state index contributed by atoms with van der Waals surface area (Å²) >= 11 is 0. The zero-order valence-electron chi connectivity index (χ0n) is 9.95. The lowest BCUT2D eigenvalue weighted by molar-refractivity contribution is 0.498. The average Bonchev–Trinajstić information content (AvgIpc) is 2.38. The molecule has 0 saturated carbocycles. The van der Waals surface area contributed by atoms with Gasteiger partial charge in [-0.1, -0.05) is 0 Å². The number of hydrogen-bond acceptors (Lipinski definition) is 2. The number of nitrogens with zero attached hydrogens (tertiary/aromatic N) is 2. The van der Waals surface area contributed by atoms with E-state index in [4.69, 9.17) is 0 Å². The van der Waals surface area contributed by atoms with E-state index in [9.17, 15) is 0 Å². The van der Waals surface area contributed by atoms with E-state index in [1.54, 1.807) is 0 Å². The van der Waals surface area contributed by atoms with Crippen LogP contribution in [0.1, 0.15) is 39.2 Å². The molecule has 0 bridgehead atoms. The number of hydrogen-bond donors (Lipinski definition) is 0. The molecule has 2 nitrogen and oxygen atoms in total. The number of fused-ring (bicyclic) bond motifs is 1. The van der Waals surface area contributed by atoms with E-state index < -0.39 is 0 Å². The van der Waals surface area contributed by atoms with Gasteiger partial charge in [0.25, 0.3) is 0 Å². The Bertz CT molecular complexity index is 339. The van der Waals surface area contributed by atoms with Crippen molar-refractivity contribution >= 4 is 5.69 Å². The van der Waals surface area contributed by atoms with Crippen LogP contribution in [0, 0.1) is 0 Å². The summed E-state index contributed by atoms with van der Waals surface area (Å²) in [6.07, 6.45) is 7.68. The summed E-state index contributed by atoms with van der Waals surface area (Å²) in [4.78, 5) is 6.74. The van der Waals surface area contributed by atoms with Gasteiger partial charge in [0.2, 0.25) is 0 Å². The first-order chi connectivity index (χ1) is 7.09. The molecule has 0 radical (unpaired) electrons. The molecule has 1 aliphatic rings. The van der Waals surface area contributed by atoms with Gasteiger partial charge in [-0.2, -0.15) is 0 Å². The van der Waals surface area contributed by atoms with Crippen molar-refractivity contribution < 1.29 is 0 Å². The Morgan fingerprint density at radius 3 is 2.80 bits per heavy atom. The zero-order chi connectivity index (χ0) is 10.9. The van der Waals surface area contributed by atoms with E-state index in [2.05, 4.69) is 36.7 Å². The van der Waals surface area contributed by atoms with Crippen LogP contribution in [0.15, 0.2) is 18.5 Å². The Kier molecular flexibility index (Phi) is 2.68. The second kappa shape index (κ2) is 3.84. The van der Waals surface area contributed by atoms with E-state index in [1.165, 1.54) is 37.1 Å². The Morgan fingerprint density at radius 2 is 2.07 bits per heavy atom. The highest BCUT2D eigenvalue weighted by atomic mass is 15.2. The normalized spacial score (nSPS) is 17.1. The van der Waals surface area contributed by atoms with Crippen molar-refractivity contribution in [3.63, 3.8) is 0 Å². The minimum Gasteiger partial charge on any atom is -0.366 e. The van der Waals surface area contributed by atoms with Crippen molar-refractivity contribution in [2.75, 3.05) is 11.4 Å². The van der Waals surface area contributed by atoms with Crippen molar-refractivity contribution in [2.24, 2.45) is 0 Å². The molecule has 0 aliphatic carbocycles. The molecule has 0 aromatic carbocycles. The SMILES string of the molecule is CC(C)(C)N1CCCCc2cnccc21. The molecule has 0 unspecified atom stereocenters. The van der Waals surface area contributed by atoms with Crippen LogP contribution in [-0.4, -0.2) is 17.1 Å². The summed E-state index contributed by atoms with van der Waals surface area (Å²) in [5.74, 6) is 0. The monoisotopic (exact) mass is 204 g/mol. The van der Waals surface area contributed by atoms with E-state index in [0.717, 1.165) is 0 Å². The number of anilines is 1. The van der Waals surface area contributed by atoms with Gasteiger partial charge in [-0.15, -0.1) is 0 Å². The lowest BCUT2D eigenvalue weighted by Crippen LogP contribution is -2.42. The second-order valence-electron chi connectivity index (χ2n) is 5.28. The quantitative estimate of drug-likeness (QED) is 0.645. The van der Waals surface area contributed by atoms with Gasteiger partial charge in [0.15, 0.2) is 0 Å². The molecule has 15 heavy (non-hydrogen) atoms. The standard InChI is InChI=1S/C13H20N2/c1-13(2,3)15-9-5-4-6-11-10-14-8-7-12(11)15/h7-8,10H,4-6,9H2,1-3H3. The second-order valence-corrected chi connectivity index (χ2v) is 5.28. The van der Waals surface area contributed by atoms with Gasteiger partial charge in [0.05, 0.1) is 0 Å². The molecule has 2 heterocycles. The molecule has 0 atom stereocenters. The predicted molar refractivity (Wildman–Crippen MR) is 64.3 cm³/mol. The highest BCUT2D eigenvalue weighted by Crippen LogP contribution is 2.30. The molecule has 0 fully saturated rings. The topological polar surface area (TPSA) is 16.1 Å². The lowest BCUT2D eigenvalue weighted by Gasteiger charge is -2.37. The maximum absolute atomic E-state index is 4.23. The third-order valence-electron chi connectivity index (χ3n) is 3.06. The van der Waals surface area contributed by atoms with E-state index in [1.807, 2.05) is 12.4 Å². The van der Waals surface area contributed by atoms with Gasteiger partial charge in [-0.05, 0) is 51.7 Å². The molecule has 0 saturated heterocycles. The molecular weight excluding hydrogens is 184 g/mol. The van der Waals surface area contributed by atoms with Crippen LogP contribution < -0.4 is 4.90 Å². The molecule has 2 heteroatoms. The summed E-state index contributed by atoms with van der Waals surface area (Å²) in [6, 6.07) is 2.16. The molecule has 0 N–H and O–H groups in total. The number of pyridine rings is 1. The molecule has 82 valence electrons. The van der Waals surface area contributed by atoms with Gasteiger partial charge < -0.3 is 4.90 Å². The van der Waals surface area contributed by atoms with Crippen LogP contribution in [0.5, 0.6) is 0 Å². The molecular formula is C13H20N2. The van der Waals surface area contributed by atoms with Crippen molar-refractivity contribution in [1.82, 2.24) is 4.98 Å². The molecule has 2 rings (SSSR count). The van der Waals surface area contributed by atoms with Crippen LogP contribution in [-0.2, 0) is 6.42 Å². The van der Waals surface area contributed by atoms with Crippen LogP contribution >= 0.6 is 0 Å². The number of rotatable bonds is 0. The minimum atomic E-state index is 0.209. The number of aromatic nitrogens is 1. The van der Waals surface area contributed by atoms with Gasteiger partial charge in [0.1, 0.15) is 0 Å². The Balaban J connectivity index is 2.41. The van der Waals surface area contributed by atoms with Gasteiger partial charge in [-0.3, -0.25) is 4.98 Å². The fraction of sp³-hybridized carbons (Fsp3) is 0.615. The summed E-state index contributed by atoms with van der Waals surface area (Å²) in [5.41, 5.74) is 3.00. The number of aryl methyl sites for hydroxylation is 1. The maximum atomic E-state index is 4.23. The van der Waals surface area contributed by atoms with Crippen LogP contribution in [0.4, 0.5) is 5.69 Å². The van der Waals surface area contributed by atoms with Gasteiger partial charge in [0, 0.05) is 30.2 Å². The fourth-order valence-corrected chi connectivity index (χ4v) is 2.28. The van der Waals surface area contributed by atoms with Crippen LogP contribution in [0.25, 0.3) is 0 Å². The van der Waals surface area contributed by atoms with Crippen molar-refractivity contribution in [1.29, 1.82) is 0 Å². The van der Waals surface area contributed by atoms with Crippen molar-refractivity contribution in [3.05, 3.63) is 24.0 Å². The fourth-order valence-electron chi connectivity index (χ4n) is 2.28. The van der Waals surface area contributed by atoms with Gasteiger partial charge in [-0.25, -0.2) is 0 Å². The lowest BCUT2D eigenvalue weighted by atomic mass is 10.0. The smallest absolute Gasteiger partial charge is 0.0434 e. The molecule has 1 aromatic rings. The largest absolute Gasteiger partial charge is 0.366 e. The first-order valence-corrected chi connectivity index (χ1v) is 5.79. The Morgan fingerprint density at radius 1 is 1.27 bits per heavy atom. The first kappa shape index (κ1) is 10.5. The summed E-state index contributed by atoms with van der Waals surface area (Å²) < 4.78 is 0. The average molecular weight is 204 g/mol. The Hall–Kier alpha value is -1.05. The van der Waals surface area contributed by atoms with E-state index in [-0.39, 0.29) is 5.54 Å². The Labute approximate surface area is 92.3 Å². The molecule has 0 amide bonds. The summed E-state index contributed by atoms with van der Waals surface area (Å²) in [6.45, 7) is 8.01. The summed E-state index contributed by atoms with van der Waals surface area (Å²) in [5, 5.41) is 0. The zero-order valence-corrected chi connectivity index (χ0v) is 9.95. The minimum absolute atomic E-state index is 0.209. The third-order valence-corrected chi connectivity index (χ3v) is 3.06. The molecule has 1 aliphatic heterocycles. The van der Waals surface area contributed by atoms with Crippen molar-refractivity contribution in [3.8, 4) is 0 Å². The first-order valence-electron chi connectivity index (χ1n) is 5.79. The molecule has 1 aromatic heterocycles. The van der Waals surface area contributed by atoms with E-state index >= 15 is 0 Å². The highest BCUT2D eigenvalue weighted by molar-refractivity contribution is 5.54.